The molecule has 0 aromatic heterocycles. The van der Waals surface area contributed by atoms with E-state index in [0.717, 1.165) is 12.0 Å². The van der Waals surface area contributed by atoms with E-state index >= 15 is 0 Å². The third kappa shape index (κ3) is 2.23. The first-order valence-corrected chi connectivity index (χ1v) is 5.79. The Morgan fingerprint density at radius 2 is 1.85 bits per heavy atom. The maximum atomic E-state index is 3.45. The molecule has 0 bridgehead atoms. The average molecular weight is 182 g/mol. The van der Waals surface area contributed by atoms with Crippen molar-refractivity contribution in [3.63, 3.8) is 0 Å². The standard InChI is InChI=1S/C11H22N2/c1-13-9-3-2-4-11(13)10-5-7-12-8-6-10/h10-12H,2-9H2,1H3/t11-/m1/s1. The van der Waals surface area contributed by atoms with Crippen LogP contribution in [0.4, 0.5) is 0 Å². The third-order valence-corrected chi connectivity index (χ3v) is 3.75. The van der Waals surface area contributed by atoms with Gasteiger partial charge in [0, 0.05) is 6.04 Å². The molecular weight excluding hydrogens is 160 g/mol. The van der Waals surface area contributed by atoms with Gasteiger partial charge in [0.25, 0.3) is 0 Å². The van der Waals surface area contributed by atoms with Crippen LogP contribution in [0.15, 0.2) is 0 Å². The molecule has 0 amide bonds. The zero-order valence-corrected chi connectivity index (χ0v) is 8.76. The van der Waals surface area contributed by atoms with E-state index in [2.05, 4.69) is 17.3 Å². The SMILES string of the molecule is CN1CCCC[C@@H]1C1CCNCC1. The Labute approximate surface area is 81.7 Å². The first-order valence-electron chi connectivity index (χ1n) is 5.79. The molecule has 2 aliphatic heterocycles. The molecule has 2 heteroatoms. The Morgan fingerprint density at radius 1 is 1.08 bits per heavy atom. The van der Waals surface area contributed by atoms with Crippen LogP contribution in [-0.2, 0) is 0 Å². The van der Waals surface area contributed by atoms with Crippen molar-refractivity contribution in [2.45, 2.75) is 38.1 Å². The molecule has 2 fully saturated rings. The zero-order chi connectivity index (χ0) is 9.10. The highest BCUT2D eigenvalue weighted by molar-refractivity contribution is 4.84. The number of likely N-dealkylation sites (tertiary alicyclic amines) is 1. The fourth-order valence-electron chi connectivity index (χ4n) is 2.93. The minimum absolute atomic E-state index is 0.899. The van der Waals surface area contributed by atoms with Gasteiger partial charge in [-0.3, -0.25) is 0 Å². The van der Waals surface area contributed by atoms with Crippen LogP contribution in [0.2, 0.25) is 0 Å². The van der Waals surface area contributed by atoms with Crippen molar-refractivity contribution in [1.29, 1.82) is 0 Å². The first kappa shape index (κ1) is 9.47. The molecule has 2 rings (SSSR count). The van der Waals surface area contributed by atoms with Crippen molar-refractivity contribution >= 4 is 0 Å². The zero-order valence-electron chi connectivity index (χ0n) is 8.76. The topological polar surface area (TPSA) is 15.3 Å². The highest BCUT2D eigenvalue weighted by Gasteiger charge is 2.28. The molecule has 2 nitrogen and oxygen atoms in total. The Morgan fingerprint density at radius 3 is 2.54 bits per heavy atom. The van der Waals surface area contributed by atoms with Crippen LogP contribution in [-0.4, -0.2) is 37.6 Å². The van der Waals surface area contributed by atoms with Crippen molar-refractivity contribution in [3.05, 3.63) is 0 Å². The minimum Gasteiger partial charge on any atom is -0.317 e. The maximum absolute atomic E-state index is 3.45. The average Bonchev–Trinajstić information content (AvgIpc) is 2.20. The van der Waals surface area contributed by atoms with Gasteiger partial charge in [-0.2, -0.15) is 0 Å². The van der Waals surface area contributed by atoms with Crippen molar-refractivity contribution in [1.82, 2.24) is 10.2 Å². The predicted molar refractivity (Wildman–Crippen MR) is 55.9 cm³/mol. The fourth-order valence-corrected chi connectivity index (χ4v) is 2.93. The lowest BCUT2D eigenvalue weighted by Crippen LogP contribution is -2.45. The van der Waals surface area contributed by atoms with Gasteiger partial charge < -0.3 is 10.2 Å². The molecule has 0 aromatic carbocycles. The van der Waals surface area contributed by atoms with E-state index in [-0.39, 0.29) is 0 Å². The number of piperidine rings is 2. The van der Waals surface area contributed by atoms with Crippen LogP contribution in [0, 0.1) is 5.92 Å². The summed E-state index contributed by atoms with van der Waals surface area (Å²) in [6.07, 6.45) is 7.11. The van der Waals surface area contributed by atoms with Gasteiger partial charge in [0.2, 0.25) is 0 Å². The van der Waals surface area contributed by atoms with Gasteiger partial charge in [-0.25, -0.2) is 0 Å². The summed E-state index contributed by atoms with van der Waals surface area (Å²) in [7, 11) is 2.31. The maximum Gasteiger partial charge on any atom is 0.0121 e. The van der Waals surface area contributed by atoms with Crippen molar-refractivity contribution < 1.29 is 0 Å². The van der Waals surface area contributed by atoms with Gasteiger partial charge in [0.05, 0.1) is 0 Å². The largest absolute Gasteiger partial charge is 0.317 e. The summed E-state index contributed by atoms with van der Waals surface area (Å²) in [6.45, 7) is 3.82. The van der Waals surface area contributed by atoms with Gasteiger partial charge in [-0.15, -0.1) is 0 Å². The van der Waals surface area contributed by atoms with Crippen LogP contribution >= 0.6 is 0 Å². The lowest BCUT2D eigenvalue weighted by atomic mass is 9.84. The summed E-state index contributed by atoms with van der Waals surface area (Å²) < 4.78 is 0. The first-order chi connectivity index (χ1) is 6.38. The van der Waals surface area contributed by atoms with Crippen molar-refractivity contribution in [2.75, 3.05) is 26.7 Å². The second kappa shape index (κ2) is 4.43. The Hall–Kier alpha value is -0.0800. The number of hydrogen-bond acceptors (Lipinski definition) is 2. The van der Waals surface area contributed by atoms with Gasteiger partial charge in [-0.1, -0.05) is 6.42 Å². The monoisotopic (exact) mass is 182 g/mol. The van der Waals surface area contributed by atoms with E-state index in [1.165, 1.54) is 51.7 Å². The highest BCUT2D eigenvalue weighted by atomic mass is 15.1. The van der Waals surface area contributed by atoms with Crippen LogP contribution in [0.25, 0.3) is 0 Å². The molecule has 13 heavy (non-hydrogen) atoms. The molecule has 0 aliphatic carbocycles. The summed E-state index contributed by atoms with van der Waals surface area (Å²) in [6, 6.07) is 0.899. The molecule has 0 spiro atoms. The quantitative estimate of drug-likeness (QED) is 0.660. The van der Waals surface area contributed by atoms with Gasteiger partial charge in [0.1, 0.15) is 0 Å². The normalized spacial score (nSPS) is 33.5. The molecule has 0 unspecified atom stereocenters. The van der Waals surface area contributed by atoms with Crippen LogP contribution in [0.5, 0.6) is 0 Å². The van der Waals surface area contributed by atoms with Gasteiger partial charge in [0.15, 0.2) is 0 Å². The molecular formula is C11H22N2. The number of hydrogen-bond donors (Lipinski definition) is 1. The number of nitrogens with zero attached hydrogens (tertiary/aromatic N) is 1. The van der Waals surface area contributed by atoms with E-state index in [9.17, 15) is 0 Å². The minimum atomic E-state index is 0.899. The third-order valence-electron chi connectivity index (χ3n) is 3.75. The summed E-state index contributed by atoms with van der Waals surface area (Å²) in [5, 5.41) is 3.45. The van der Waals surface area contributed by atoms with Crippen LogP contribution in [0.3, 0.4) is 0 Å². The van der Waals surface area contributed by atoms with Gasteiger partial charge in [-0.05, 0) is 58.3 Å². The van der Waals surface area contributed by atoms with E-state index in [1.807, 2.05) is 0 Å². The van der Waals surface area contributed by atoms with Crippen LogP contribution in [0.1, 0.15) is 32.1 Å². The fraction of sp³-hybridized carbons (Fsp3) is 1.00. The second-order valence-corrected chi connectivity index (χ2v) is 4.63. The van der Waals surface area contributed by atoms with E-state index < -0.39 is 0 Å². The molecule has 76 valence electrons. The van der Waals surface area contributed by atoms with Crippen LogP contribution < -0.4 is 5.32 Å². The lowest BCUT2D eigenvalue weighted by molar-refractivity contribution is 0.110. The summed E-state index contributed by atoms with van der Waals surface area (Å²) >= 11 is 0. The molecule has 1 atom stereocenters. The van der Waals surface area contributed by atoms with Crippen molar-refractivity contribution in [2.24, 2.45) is 5.92 Å². The molecule has 0 aromatic rings. The molecule has 0 saturated carbocycles. The lowest BCUT2D eigenvalue weighted by Gasteiger charge is -2.39. The summed E-state index contributed by atoms with van der Waals surface area (Å²) in [4.78, 5) is 2.60. The number of rotatable bonds is 1. The van der Waals surface area contributed by atoms with E-state index in [1.54, 1.807) is 0 Å². The summed E-state index contributed by atoms with van der Waals surface area (Å²) in [5.41, 5.74) is 0. The molecule has 2 aliphatic rings. The second-order valence-electron chi connectivity index (χ2n) is 4.63. The molecule has 2 heterocycles. The predicted octanol–water partition coefficient (Wildman–Crippen LogP) is 1.47. The van der Waals surface area contributed by atoms with E-state index in [4.69, 9.17) is 0 Å². The van der Waals surface area contributed by atoms with Gasteiger partial charge >= 0.3 is 0 Å². The van der Waals surface area contributed by atoms with Crippen molar-refractivity contribution in [3.8, 4) is 0 Å². The number of nitrogens with one attached hydrogen (secondary N) is 1. The Kier molecular flexibility index (Phi) is 3.23. The smallest absolute Gasteiger partial charge is 0.0121 e. The molecule has 2 saturated heterocycles. The Bertz CT molecular complexity index is 152. The molecule has 0 radical (unpaired) electrons. The van der Waals surface area contributed by atoms with E-state index in [0.29, 0.717) is 0 Å². The summed E-state index contributed by atoms with van der Waals surface area (Å²) in [5.74, 6) is 0.978. The Balaban J connectivity index is 1.88. The highest BCUT2D eigenvalue weighted by Crippen LogP contribution is 2.27. The molecule has 1 N–H and O–H groups in total.